The number of carboxylic acid groups (broad SMARTS) is 1. The Morgan fingerprint density at radius 3 is 2.85 bits per heavy atom. The molecule has 1 unspecified atom stereocenters. The van der Waals surface area contributed by atoms with Crippen molar-refractivity contribution in [1.82, 2.24) is 4.98 Å². The summed E-state index contributed by atoms with van der Waals surface area (Å²) < 4.78 is 0.344. The van der Waals surface area contributed by atoms with Crippen molar-refractivity contribution in [2.24, 2.45) is 0 Å². The molecule has 0 aliphatic carbocycles. The fourth-order valence-electron chi connectivity index (χ4n) is 0.780. The van der Waals surface area contributed by atoms with Crippen molar-refractivity contribution in [2.75, 3.05) is 0 Å². The Kier molecular flexibility index (Phi) is 2.90. The molecular weight excluding hydrogens is 214 g/mol. The normalized spacial score (nSPS) is 15.3. The monoisotopic (exact) mass is 221 g/mol. The van der Waals surface area contributed by atoms with Crippen molar-refractivity contribution < 1.29 is 15.0 Å². The average molecular weight is 222 g/mol. The molecule has 6 heteroatoms. The van der Waals surface area contributed by atoms with E-state index in [2.05, 4.69) is 4.98 Å². The van der Waals surface area contributed by atoms with E-state index in [9.17, 15) is 9.90 Å². The second kappa shape index (κ2) is 3.61. The number of carboxylic acids is 1. The van der Waals surface area contributed by atoms with Gasteiger partial charge >= 0.3 is 5.97 Å². The van der Waals surface area contributed by atoms with E-state index in [1.165, 1.54) is 13.1 Å². The van der Waals surface area contributed by atoms with Crippen LogP contribution in [0.15, 0.2) is 6.20 Å². The summed E-state index contributed by atoms with van der Waals surface area (Å²) in [5.41, 5.74) is -1.75. The van der Waals surface area contributed by atoms with Gasteiger partial charge in [-0.1, -0.05) is 11.6 Å². The molecule has 72 valence electrons. The van der Waals surface area contributed by atoms with E-state index in [0.717, 1.165) is 11.3 Å². The molecule has 0 saturated heterocycles. The molecule has 1 rings (SSSR count). The largest absolute Gasteiger partial charge is 0.479 e. The Balaban J connectivity index is 2.74. The molecule has 0 amide bonds. The molecule has 0 fully saturated rings. The van der Waals surface area contributed by atoms with Gasteiger partial charge in [-0.15, -0.1) is 11.3 Å². The molecule has 0 spiro atoms. The Labute approximate surface area is 83.8 Å². The second-order valence-electron chi connectivity index (χ2n) is 2.84. The SMILES string of the molecule is CC(O)(Cc1cnc(Cl)s1)C(=O)O. The third-order valence-electron chi connectivity index (χ3n) is 1.50. The van der Waals surface area contributed by atoms with Crippen molar-refractivity contribution in [1.29, 1.82) is 0 Å². The number of carbonyl (C=O) groups is 1. The minimum Gasteiger partial charge on any atom is -0.479 e. The molecule has 0 aliphatic rings. The number of nitrogens with zero attached hydrogens (tertiary/aromatic N) is 1. The van der Waals surface area contributed by atoms with Crippen molar-refractivity contribution in [3.8, 4) is 0 Å². The van der Waals surface area contributed by atoms with Crippen LogP contribution in [0.3, 0.4) is 0 Å². The molecule has 13 heavy (non-hydrogen) atoms. The van der Waals surface area contributed by atoms with Gasteiger partial charge in [0.15, 0.2) is 10.1 Å². The molecule has 0 aliphatic heterocycles. The number of aliphatic hydroxyl groups is 1. The predicted octanol–water partition coefficient (Wildman–Crippen LogP) is 1.17. The summed E-state index contributed by atoms with van der Waals surface area (Å²) in [5, 5.41) is 18.0. The highest BCUT2D eigenvalue weighted by molar-refractivity contribution is 7.15. The number of aliphatic carboxylic acids is 1. The number of aromatic nitrogens is 1. The van der Waals surface area contributed by atoms with Gasteiger partial charge in [-0.2, -0.15) is 0 Å². The number of rotatable bonds is 3. The van der Waals surface area contributed by atoms with E-state index in [1.54, 1.807) is 0 Å². The van der Waals surface area contributed by atoms with E-state index in [4.69, 9.17) is 16.7 Å². The summed E-state index contributed by atoms with van der Waals surface area (Å²) in [6.45, 7) is 1.24. The summed E-state index contributed by atoms with van der Waals surface area (Å²) in [6, 6.07) is 0. The van der Waals surface area contributed by atoms with E-state index in [-0.39, 0.29) is 6.42 Å². The van der Waals surface area contributed by atoms with Crippen LogP contribution in [0.1, 0.15) is 11.8 Å². The first kappa shape index (κ1) is 10.4. The topological polar surface area (TPSA) is 70.4 Å². The Morgan fingerprint density at radius 2 is 2.46 bits per heavy atom. The van der Waals surface area contributed by atoms with Crippen LogP contribution in [-0.4, -0.2) is 26.8 Å². The quantitative estimate of drug-likeness (QED) is 0.804. The number of hydrogen-bond donors (Lipinski definition) is 2. The molecular formula is C7H8ClNO3S. The van der Waals surface area contributed by atoms with Crippen molar-refractivity contribution in [3.63, 3.8) is 0 Å². The van der Waals surface area contributed by atoms with Gasteiger partial charge in [0.1, 0.15) is 0 Å². The lowest BCUT2D eigenvalue weighted by Crippen LogP contribution is -2.36. The molecule has 0 aromatic carbocycles. The highest BCUT2D eigenvalue weighted by atomic mass is 35.5. The fourth-order valence-corrected chi connectivity index (χ4v) is 1.91. The molecule has 0 bridgehead atoms. The molecule has 2 N–H and O–H groups in total. The summed E-state index contributed by atoms with van der Waals surface area (Å²) in [5.74, 6) is -1.25. The lowest BCUT2D eigenvalue weighted by atomic mass is 10.0. The van der Waals surface area contributed by atoms with Crippen LogP contribution >= 0.6 is 22.9 Å². The van der Waals surface area contributed by atoms with Gasteiger partial charge in [0.2, 0.25) is 0 Å². The molecule has 4 nitrogen and oxygen atoms in total. The van der Waals surface area contributed by atoms with Gasteiger partial charge in [0.05, 0.1) is 0 Å². The van der Waals surface area contributed by atoms with Crippen LogP contribution in [-0.2, 0) is 11.2 Å². The van der Waals surface area contributed by atoms with Gasteiger partial charge in [-0.25, -0.2) is 9.78 Å². The number of halogens is 1. The first-order valence-electron chi connectivity index (χ1n) is 3.48. The highest BCUT2D eigenvalue weighted by Gasteiger charge is 2.30. The van der Waals surface area contributed by atoms with Crippen LogP contribution in [0.2, 0.25) is 4.47 Å². The summed E-state index contributed by atoms with van der Waals surface area (Å²) in [4.78, 5) is 14.9. The zero-order chi connectivity index (χ0) is 10.1. The van der Waals surface area contributed by atoms with Gasteiger partial charge in [0, 0.05) is 17.5 Å². The Hall–Kier alpha value is -0.650. The van der Waals surface area contributed by atoms with Gasteiger partial charge in [-0.3, -0.25) is 0 Å². The first-order chi connectivity index (χ1) is 5.92. The van der Waals surface area contributed by atoms with Crippen molar-refractivity contribution in [2.45, 2.75) is 18.9 Å². The van der Waals surface area contributed by atoms with Gasteiger partial charge in [0.25, 0.3) is 0 Å². The molecule has 1 atom stereocenters. The van der Waals surface area contributed by atoms with E-state index < -0.39 is 11.6 Å². The molecule has 1 aromatic rings. The van der Waals surface area contributed by atoms with Crippen molar-refractivity contribution >= 4 is 28.9 Å². The number of thiazole rings is 1. The standard InChI is InChI=1S/C7H8ClNO3S/c1-7(12,5(10)11)2-4-3-9-6(8)13-4/h3,12H,2H2,1H3,(H,10,11). The highest BCUT2D eigenvalue weighted by Crippen LogP contribution is 2.22. The lowest BCUT2D eigenvalue weighted by Gasteiger charge is -2.15. The summed E-state index contributed by atoms with van der Waals surface area (Å²) in [7, 11) is 0. The summed E-state index contributed by atoms with van der Waals surface area (Å²) in [6.07, 6.45) is 1.48. The molecule has 1 aromatic heterocycles. The second-order valence-corrected chi connectivity index (χ2v) is 4.53. The Bertz CT molecular complexity index is 323. The molecule has 0 saturated carbocycles. The summed E-state index contributed by atoms with van der Waals surface area (Å²) >= 11 is 6.71. The third kappa shape index (κ3) is 2.65. The maximum atomic E-state index is 10.5. The van der Waals surface area contributed by atoms with E-state index in [0.29, 0.717) is 9.34 Å². The minimum atomic E-state index is -1.75. The van der Waals surface area contributed by atoms with Gasteiger partial charge < -0.3 is 10.2 Å². The molecule has 0 radical (unpaired) electrons. The van der Waals surface area contributed by atoms with Crippen LogP contribution < -0.4 is 0 Å². The maximum absolute atomic E-state index is 10.5. The van der Waals surface area contributed by atoms with Crippen molar-refractivity contribution in [3.05, 3.63) is 15.5 Å². The van der Waals surface area contributed by atoms with Crippen LogP contribution in [0.4, 0.5) is 0 Å². The van der Waals surface area contributed by atoms with Crippen LogP contribution in [0.25, 0.3) is 0 Å². The number of hydrogen-bond acceptors (Lipinski definition) is 4. The van der Waals surface area contributed by atoms with Crippen LogP contribution in [0, 0.1) is 0 Å². The fraction of sp³-hybridized carbons (Fsp3) is 0.429. The first-order valence-corrected chi connectivity index (χ1v) is 4.67. The third-order valence-corrected chi connectivity index (χ3v) is 2.62. The average Bonchev–Trinajstić information content (AvgIpc) is 2.34. The van der Waals surface area contributed by atoms with Crippen LogP contribution in [0.5, 0.6) is 0 Å². The maximum Gasteiger partial charge on any atom is 0.335 e. The van der Waals surface area contributed by atoms with E-state index in [1.807, 2.05) is 0 Å². The predicted molar refractivity (Wildman–Crippen MR) is 49.1 cm³/mol. The Morgan fingerprint density at radius 1 is 1.85 bits per heavy atom. The van der Waals surface area contributed by atoms with Gasteiger partial charge in [-0.05, 0) is 6.92 Å². The zero-order valence-electron chi connectivity index (χ0n) is 6.82. The smallest absolute Gasteiger partial charge is 0.335 e. The minimum absolute atomic E-state index is 0.0206. The zero-order valence-corrected chi connectivity index (χ0v) is 8.39. The lowest BCUT2D eigenvalue weighted by molar-refractivity contribution is -0.156. The molecule has 1 heterocycles. The van der Waals surface area contributed by atoms with E-state index >= 15 is 0 Å².